The van der Waals surface area contributed by atoms with Gasteiger partial charge < -0.3 is 4.90 Å². The Morgan fingerprint density at radius 1 is 1.38 bits per heavy atom. The van der Waals surface area contributed by atoms with Gasteiger partial charge in [0.05, 0.1) is 0 Å². The molecule has 3 unspecified atom stereocenters. The molecule has 1 aliphatic heterocycles. The molecule has 1 heterocycles. The van der Waals surface area contributed by atoms with Gasteiger partial charge in [0.1, 0.15) is 6.54 Å². The minimum Gasteiger partial charge on any atom is -0.365 e. The fraction of sp³-hybridized carbons (Fsp3) is 0.833. The molecular formula is C12H18F3N. The van der Waals surface area contributed by atoms with Crippen molar-refractivity contribution in [3.8, 4) is 0 Å². The Kier molecular flexibility index (Phi) is 2.93. The molecule has 1 fully saturated rings. The molecule has 0 saturated heterocycles. The smallest absolute Gasteiger partial charge is 0.365 e. The van der Waals surface area contributed by atoms with Crippen molar-refractivity contribution in [3.05, 3.63) is 11.8 Å². The molecule has 1 aliphatic carbocycles. The summed E-state index contributed by atoms with van der Waals surface area (Å²) in [5, 5.41) is 0. The van der Waals surface area contributed by atoms with Crippen molar-refractivity contribution in [3.63, 3.8) is 0 Å². The number of fused-ring (bicyclic) bond motifs is 1. The average Bonchev–Trinajstić information content (AvgIpc) is 2.40. The first-order chi connectivity index (χ1) is 7.37. The van der Waals surface area contributed by atoms with Crippen LogP contribution in [0, 0.1) is 11.8 Å². The van der Waals surface area contributed by atoms with Crippen LogP contribution >= 0.6 is 0 Å². The highest BCUT2D eigenvalue weighted by atomic mass is 19.4. The van der Waals surface area contributed by atoms with Gasteiger partial charge in [-0.05, 0) is 38.3 Å². The Morgan fingerprint density at radius 3 is 2.69 bits per heavy atom. The first-order valence-electron chi connectivity index (χ1n) is 5.87. The molecular weight excluding hydrogens is 215 g/mol. The fourth-order valence-corrected chi connectivity index (χ4v) is 3.07. The predicted molar refractivity (Wildman–Crippen MR) is 56.8 cm³/mol. The van der Waals surface area contributed by atoms with Crippen LogP contribution in [0.2, 0.25) is 0 Å². The highest BCUT2D eigenvalue weighted by Gasteiger charge is 2.41. The molecule has 1 saturated carbocycles. The van der Waals surface area contributed by atoms with E-state index in [1.54, 1.807) is 6.20 Å². The third kappa shape index (κ3) is 2.36. The fourth-order valence-electron chi connectivity index (χ4n) is 3.07. The first-order valence-corrected chi connectivity index (χ1v) is 5.87. The van der Waals surface area contributed by atoms with E-state index in [1.807, 2.05) is 6.92 Å². The van der Waals surface area contributed by atoms with E-state index >= 15 is 0 Å². The van der Waals surface area contributed by atoms with Crippen molar-refractivity contribution < 1.29 is 13.2 Å². The molecule has 0 spiro atoms. The third-order valence-corrected chi connectivity index (χ3v) is 3.82. The van der Waals surface area contributed by atoms with Gasteiger partial charge in [0.25, 0.3) is 0 Å². The van der Waals surface area contributed by atoms with Crippen LogP contribution in [0.5, 0.6) is 0 Å². The number of alkyl halides is 3. The van der Waals surface area contributed by atoms with E-state index in [4.69, 9.17) is 0 Å². The predicted octanol–water partition coefficient (Wildman–Crippen LogP) is 3.57. The van der Waals surface area contributed by atoms with E-state index in [2.05, 4.69) is 6.92 Å². The number of halogens is 3. The second-order valence-electron chi connectivity index (χ2n) is 5.25. The molecule has 92 valence electrons. The molecule has 16 heavy (non-hydrogen) atoms. The van der Waals surface area contributed by atoms with Crippen molar-refractivity contribution in [1.82, 2.24) is 4.90 Å². The molecule has 0 N–H and O–H groups in total. The highest BCUT2D eigenvalue weighted by Crippen LogP contribution is 2.41. The van der Waals surface area contributed by atoms with Crippen molar-refractivity contribution in [2.75, 3.05) is 6.54 Å². The maximum atomic E-state index is 12.4. The van der Waals surface area contributed by atoms with Gasteiger partial charge in [-0.1, -0.05) is 12.5 Å². The molecule has 2 aliphatic rings. The first kappa shape index (κ1) is 11.8. The Morgan fingerprint density at radius 2 is 2.06 bits per heavy atom. The van der Waals surface area contributed by atoms with Gasteiger partial charge in [0, 0.05) is 12.0 Å². The number of hydrogen-bond donors (Lipinski definition) is 0. The number of rotatable bonds is 1. The summed E-state index contributed by atoms with van der Waals surface area (Å²) in [6.45, 7) is 3.36. The van der Waals surface area contributed by atoms with Crippen LogP contribution in [-0.2, 0) is 0 Å². The minimum absolute atomic E-state index is 0.0952. The average molecular weight is 233 g/mol. The van der Waals surface area contributed by atoms with Gasteiger partial charge in [0.15, 0.2) is 0 Å². The van der Waals surface area contributed by atoms with Gasteiger partial charge in [-0.25, -0.2) is 0 Å². The zero-order valence-corrected chi connectivity index (χ0v) is 9.72. The topological polar surface area (TPSA) is 3.24 Å². The van der Waals surface area contributed by atoms with E-state index in [0.717, 1.165) is 24.8 Å². The maximum absolute atomic E-state index is 12.4. The molecule has 1 nitrogen and oxygen atoms in total. The Bertz CT molecular complexity index is 295. The van der Waals surface area contributed by atoms with E-state index in [-0.39, 0.29) is 6.04 Å². The summed E-state index contributed by atoms with van der Waals surface area (Å²) in [6.07, 6.45) is 0.628. The summed E-state index contributed by atoms with van der Waals surface area (Å²) in [6, 6.07) is 0.0952. The summed E-state index contributed by atoms with van der Waals surface area (Å²) in [7, 11) is 0. The second kappa shape index (κ2) is 3.97. The largest absolute Gasteiger partial charge is 0.405 e. The monoisotopic (exact) mass is 233 g/mol. The summed E-state index contributed by atoms with van der Waals surface area (Å²) in [4.78, 5) is 1.51. The molecule has 4 heteroatoms. The van der Waals surface area contributed by atoms with Crippen LogP contribution in [0.25, 0.3) is 0 Å². The zero-order valence-electron chi connectivity index (χ0n) is 9.72. The SMILES string of the molecule is CC1=CN(CC(F)(F)F)C2CCC(C)CC12. The Labute approximate surface area is 94.3 Å². The highest BCUT2D eigenvalue weighted by molar-refractivity contribution is 5.16. The van der Waals surface area contributed by atoms with E-state index < -0.39 is 12.7 Å². The van der Waals surface area contributed by atoms with E-state index in [9.17, 15) is 13.2 Å². The van der Waals surface area contributed by atoms with Crippen LogP contribution in [0.4, 0.5) is 13.2 Å². The van der Waals surface area contributed by atoms with E-state index in [1.165, 1.54) is 4.90 Å². The minimum atomic E-state index is -4.09. The lowest BCUT2D eigenvalue weighted by atomic mass is 9.77. The van der Waals surface area contributed by atoms with Crippen LogP contribution in [0.3, 0.4) is 0 Å². The quantitative estimate of drug-likeness (QED) is 0.669. The summed E-state index contributed by atoms with van der Waals surface area (Å²) < 4.78 is 37.2. The molecule has 0 aromatic carbocycles. The van der Waals surface area contributed by atoms with Gasteiger partial charge in [0.2, 0.25) is 0 Å². The Balaban J connectivity index is 2.07. The lowest BCUT2D eigenvalue weighted by molar-refractivity contribution is -0.145. The standard InChI is InChI=1S/C12H18F3N/c1-8-3-4-11-10(5-8)9(2)6-16(11)7-12(13,14)15/h6,8,10-11H,3-5,7H2,1-2H3. The normalized spacial score (nSPS) is 34.9. The van der Waals surface area contributed by atoms with E-state index in [0.29, 0.717) is 11.8 Å². The molecule has 0 amide bonds. The lowest BCUT2D eigenvalue weighted by Gasteiger charge is -2.36. The molecule has 0 aromatic rings. The van der Waals surface area contributed by atoms with Gasteiger partial charge >= 0.3 is 6.18 Å². The third-order valence-electron chi connectivity index (χ3n) is 3.82. The number of nitrogens with zero attached hydrogens (tertiary/aromatic N) is 1. The Hall–Kier alpha value is -0.670. The van der Waals surface area contributed by atoms with Gasteiger partial charge in [-0.2, -0.15) is 13.2 Å². The van der Waals surface area contributed by atoms with Gasteiger partial charge in [-0.3, -0.25) is 0 Å². The second-order valence-corrected chi connectivity index (χ2v) is 5.25. The molecule has 0 radical (unpaired) electrons. The molecule has 0 bridgehead atoms. The molecule has 3 atom stereocenters. The van der Waals surface area contributed by atoms with Gasteiger partial charge in [-0.15, -0.1) is 0 Å². The van der Waals surface area contributed by atoms with Crippen LogP contribution in [0.15, 0.2) is 11.8 Å². The van der Waals surface area contributed by atoms with Crippen LogP contribution in [-0.4, -0.2) is 23.7 Å². The van der Waals surface area contributed by atoms with Crippen LogP contribution in [0.1, 0.15) is 33.1 Å². The maximum Gasteiger partial charge on any atom is 0.405 e. The van der Waals surface area contributed by atoms with Crippen molar-refractivity contribution in [2.45, 2.75) is 45.3 Å². The summed E-state index contributed by atoms with van der Waals surface area (Å²) in [5.41, 5.74) is 1.13. The van der Waals surface area contributed by atoms with Crippen molar-refractivity contribution in [2.24, 2.45) is 11.8 Å². The summed E-state index contributed by atoms with van der Waals surface area (Å²) >= 11 is 0. The number of hydrogen-bond acceptors (Lipinski definition) is 1. The molecule has 0 aromatic heterocycles. The van der Waals surface area contributed by atoms with Crippen LogP contribution < -0.4 is 0 Å². The molecule has 2 rings (SSSR count). The summed E-state index contributed by atoms with van der Waals surface area (Å²) in [5.74, 6) is 1.00. The zero-order chi connectivity index (χ0) is 11.9. The van der Waals surface area contributed by atoms with Crippen molar-refractivity contribution >= 4 is 0 Å². The van der Waals surface area contributed by atoms with Crippen molar-refractivity contribution in [1.29, 1.82) is 0 Å². The lowest BCUT2D eigenvalue weighted by Crippen LogP contribution is -2.41.